The van der Waals surface area contributed by atoms with Gasteiger partial charge in [-0.2, -0.15) is 0 Å². The van der Waals surface area contributed by atoms with Crippen molar-refractivity contribution in [3.8, 4) is 11.1 Å². The largest absolute Gasteiger partial charge is 0.481 e. The van der Waals surface area contributed by atoms with E-state index in [-0.39, 0.29) is 48.8 Å². The van der Waals surface area contributed by atoms with Gasteiger partial charge >= 0.3 is 5.97 Å². The highest BCUT2D eigenvalue weighted by atomic mass is 32.2. The lowest BCUT2D eigenvalue weighted by molar-refractivity contribution is -0.137. The number of aliphatic carboxylic acids is 1. The van der Waals surface area contributed by atoms with Crippen LogP contribution in [0.1, 0.15) is 123 Å². The van der Waals surface area contributed by atoms with Gasteiger partial charge in [0.2, 0.25) is 0 Å². The van der Waals surface area contributed by atoms with Crippen LogP contribution in [0.15, 0.2) is 41.6 Å². The van der Waals surface area contributed by atoms with Crippen molar-refractivity contribution < 1.29 is 31.9 Å². The highest BCUT2D eigenvalue weighted by Crippen LogP contribution is 2.47. The second kappa shape index (κ2) is 17.5. The van der Waals surface area contributed by atoms with Gasteiger partial charge in [-0.25, -0.2) is 22.2 Å². The molecule has 296 valence electrons. The number of carboxylic acid groups (broad SMARTS) is 1. The third-order valence-corrected chi connectivity index (χ3v) is 12.6. The fourth-order valence-electron chi connectivity index (χ4n) is 8.19. The summed E-state index contributed by atoms with van der Waals surface area (Å²) in [6, 6.07) is 4.08. The van der Waals surface area contributed by atoms with E-state index in [2.05, 4.69) is 9.97 Å². The molecule has 14 heteroatoms. The molecule has 0 bridgehead atoms. The fourth-order valence-corrected chi connectivity index (χ4v) is 9.38. The number of pyridine rings is 2. The van der Waals surface area contributed by atoms with Crippen LogP contribution in [0.4, 0.5) is 20.3 Å². The number of rotatable bonds is 18. The lowest BCUT2D eigenvalue weighted by atomic mass is 9.93. The molecule has 2 N–H and O–H groups in total. The average molecular weight is 780 g/mol. The normalized spacial score (nSPS) is 15.6. The molecule has 6 rings (SSSR count). The molecule has 55 heavy (non-hydrogen) atoms. The predicted octanol–water partition coefficient (Wildman–Crippen LogP) is 8.34. The monoisotopic (exact) mass is 779 g/mol. The molecule has 11 nitrogen and oxygen atoms in total. The summed E-state index contributed by atoms with van der Waals surface area (Å²) in [6.07, 6.45) is 19.7. The molecule has 5 heterocycles. The van der Waals surface area contributed by atoms with Crippen molar-refractivity contribution in [3.05, 3.63) is 75.5 Å². The number of carbonyl (C=O) groups is 2. The number of halogens is 2. The van der Waals surface area contributed by atoms with E-state index in [1.165, 1.54) is 36.5 Å². The first-order chi connectivity index (χ1) is 26.3. The third-order valence-electron chi connectivity index (χ3n) is 11.1. The number of aryl methyl sites for hydroxylation is 1. The summed E-state index contributed by atoms with van der Waals surface area (Å²) in [6.45, 7) is 0.785. The number of anilines is 2. The Balaban J connectivity index is 1.18. The Morgan fingerprint density at radius 2 is 1.55 bits per heavy atom. The molecular weight excluding hydrogens is 729 g/mol. The Bertz CT molecular complexity index is 2220. The Hall–Kier alpha value is -4.59. The Morgan fingerprint density at radius 3 is 2.16 bits per heavy atom. The van der Waals surface area contributed by atoms with Crippen LogP contribution >= 0.6 is 0 Å². The van der Waals surface area contributed by atoms with Crippen LogP contribution in [-0.2, 0) is 28.2 Å². The first-order valence-electron chi connectivity index (χ1n) is 19.5. The number of H-pyrrole nitrogens is 1. The number of nitrogens with zero attached hydrogens (tertiary/aromatic N) is 4. The zero-order valence-corrected chi connectivity index (χ0v) is 32.5. The van der Waals surface area contributed by atoms with Crippen LogP contribution in [0.3, 0.4) is 0 Å². The third kappa shape index (κ3) is 9.11. The molecule has 1 unspecified atom stereocenters. The average Bonchev–Trinajstić information content (AvgIpc) is 3.43. The lowest BCUT2D eigenvalue weighted by Gasteiger charge is -2.27. The van der Waals surface area contributed by atoms with Crippen molar-refractivity contribution in [3.63, 3.8) is 0 Å². The van der Waals surface area contributed by atoms with Crippen molar-refractivity contribution in [1.82, 2.24) is 19.4 Å². The molecule has 0 fully saturated rings. The SMILES string of the molecule is Cn1cc2c3c(c[nH]c3c1=O)CN(c1ncc(F)cc1F)c1cc3c(cc1-2)C(S(C)(=O)=O)CCN(CCCCCCCCCCCCCCCC(=O)O)C3=O. The fraction of sp³-hybridized carbons (Fsp3) is 0.512. The highest BCUT2D eigenvalue weighted by Gasteiger charge is 2.37. The van der Waals surface area contributed by atoms with Crippen molar-refractivity contribution in [2.45, 2.75) is 108 Å². The number of unbranched alkanes of at least 4 members (excludes halogenated alkanes) is 12. The minimum atomic E-state index is -3.68. The smallest absolute Gasteiger partial charge is 0.303 e. The highest BCUT2D eigenvalue weighted by molar-refractivity contribution is 7.90. The first-order valence-corrected chi connectivity index (χ1v) is 21.5. The summed E-state index contributed by atoms with van der Waals surface area (Å²) in [5, 5.41) is 8.36. The Kier molecular flexibility index (Phi) is 12.7. The van der Waals surface area contributed by atoms with E-state index in [1.54, 1.807) is 41.4 Å². The molecule has 3 aromatic heterocycles. The van der Waals surface area contributed by atoms with Crippen LogP contribution < -0.4 is 10.5 Å². The Labute approximate surface area is 320 Å². The van der Waals surface area contributed by atoms with Crippen LogP contribution in [0.2, 0.25) is 0 Å². The van der Waals surface area contributed by atoms with Gasteiger partial charge in [0, 0.05) is 73.4 Å². The summed E-state index contributed by atoms with van der Waals surface area (Å²) in [4.78, 5) is 48.6. The van der Waals surface area contributed by atoms with Crippen molar-refractivity contribution >= 4 is 44.1 Å². The number of hydrogen-bond donors (Lipinski definition) is 2. The topological polar surface area (TPSA) is 146 Å². The molecule has 0 saturated heterocycles. The van der Waals surface area contributed by atoms with E-state index in [0.29, 0.717) is 45.4 Å². The van der Waals surface area contributed by atoms with Gasteiger partial charge in [0.25, 0.3) is 11.5 Å². The second-order valence-electron chi connectivity index (χ2n) is 15.2. The number of amides is 1. The van der Waals surface area contributed by atoms with Crippen molar-refractivity contribution in [2.75, 3.05) is 24.2 Å². The number of carboxylic acids is 1. The quantitative estimate of drug-likeness (QED) is 0.0960. The summed E-state index contributed by atoms with van der Waals surface area (Å²) < 4.78 is 57.8. The number of nitrogens with one attached hydrogen (secondary N) is 1. The van der Waals surface area contributed by atoms with E-state index < -0.39 is 32.7 Å². The molecule has 4 aromatic rings. The molecule has 2 aliphatic rings. The number of hydrogen-bond acceptors (Lipinski definition) is 7. The molecular formula is C41H51F2N5O6S. The minimum Gasteiger partial charge on any atom is -0.481 e. The first kappa shape index (κ1) is 40.1. The molecule has 1 amide bonds. The molecule has 1 atom stereocenters. The van der Waals surface area contributed by atoms with Gasteiger partial charge in [-0.15, -0.1) is 0 Å². The van der Waals surface area contributed by atoms with E-state index in [0.717, 1.165) is 70.1 Å². The van der Waals surface area contributed by atoms with Crippen LogP contribution in [-0.4, -0.2) is 64.2 Å². The van der Waals surface area contributed by atoms with Crippen molar-refractivity contribution in [2.24, 2.45) is 7.05 Å². The van der Waals surface area contributed by atoms with Crippen LogP contribution in [0, 0.1) is 11.6 Å². The van der Waals surface area contributed by atoms with E-state index >= 15 is 4.39 Å². The number of sulfone groups is 1. The van der Waals surface area contributed by atoms with E-state index in [1.807, 2.05) is 0 Å². The zero-order valence-electron chi connectivity index (χ0n) is 31.7. The van der Waals surface area contributed by atoms with Gasteiger partial charge in [0.05, 0.1) is 23.7 Å². The van der Waals surface area contributed by atoms with Crippen LogP contribution in [0.5, 0.6) is 0 Å². The maximum atomic E-state index is 15.5. The summed E-state index contributed by atoms with van der Waals surface area (Å²) in [7, 11) is -2.06. The summed E-state index contributed by atoms with van der Waals surface area (Å²) in [5.41, 5.74) is 2.82. The molecule has 2 aliphatic heterocycles. The van der Waals surface area contributed by atoms with Gasteiger partial charge < -0.3 is 24.5 Å². The molecule has 0 spiro atoms. The predicted molar refractivity (Wildman–Crippen MR) is 209 cm³/mol. The Morgan fingerprint density at radius 1 is 0.909 bits per heavy atom. The molecule has 0 saturated carbocycles. The summed E-state index contributed by atoms with van der Waals surface area (Å²) >= 11 is 0. The van der Waals surface area contributed by atoms with Gasteiger partial charge in [-0.1, -0.05) is 70.6 Å². The lowest BCUT2D eigenvalue weighted by Crippen LogP contribution is -2.32. The van der Waals surface area contributed by atoms with Gasteiger partial charge in [0.15, 0.2) is 21.5 Å². The second-order valence-corrected chi connectivity index (χ2v) is 17.4. The number of aromatic amines is 1. The maximum absolute atomic E-state index is 15.5. The number of carbonyl (C=O) groups excluding carboxylic acids is 1. The maximum Gasteiger partial charge on any atom is 0.303 e. The number of aromatic nitrogens is 3. The molecule has 1 aromatic carbocycles. The minimum absolute atomic E-state index is 0.0467. The van der Waals surface area contributed by atoms with Crippen LogP contribution in [0.25, 0.3) is 22.0 Å². The van der Waals surface area contributed by atoms with E-state index in [4.69, 9.17) is 5.11 Å². The van der Waals surface area contributed by atoms with Crippen molar-refractivity contribution in [1.29, 1.82) is 0 Å². The van der Waals surface area contributed by atoms with Gasteiger partial charge in [-0.05, 0) is 42.5 Å². The van der Waals surface area contributed by atoms with Gasteiger partial charge in [-0.3, -0.25) is 14.4 Å². The number of fused-ring (bicyclic) bond motifs is 3. The zero-order chi connectivity index (χ0) is 39.3. The molecule has 0 aliphatic carbocycles. The summed E-state index contributed by atoms with van der Waals surface area (Å²) in [5.74, 6) is -2.94. The molecule has 0 radical (unpaired) electrons. The van der Waals surface area contributed by atoms with Gasteiger partial charge in [0.1, 0.15) is 11.3 Å². The standard InChI is InChI=1S/C41H51F2N5O6S/c1-46-26-32-29-21-30-31(22-34(29)48(39-33(43)20-28(42)24-45-39)25-27-23-44-38(37(27)32)41(46)52)40(51)47(19-17-35(30)55(2,53)54)18-15-13-11-9-7-5-3-4-6-8-10-12-14-16-36(49)50/h20-24,26,35,44H,3-19,25H2,1-2H3,(H,49,50). The van der Waals surface area contributed by atoms with E-state index in [9.17, 15) is 27.2 Å². The number of benzene rings is 1.